The van der Waals surface area contributed by atoms with Gasteiger partial charge in [-0.15, -0.1) is 0 Å². The lowest BCUT2D eigenvalue weighted by Crippen LogP contribution is -2.45. The van der Waals surface area contributed by atoms with Gasteiger partial charge in [-0.2, -0.15) is 4.31 Å². The number of amides is 1. The number of piperidine rings is 1. The Labute approximate surface area is 195 Å². The van der Waals surface area contributed by atoms with Crippen molar-refractivity contribution in [1.82, 2.24) is 9.62 Å². The van der Waals surface area contributed by atoms with Crippen molar-refractivity contribution in [3.05, 3.63) is 48.0 Å². The summed E-state index contributed by atoms with van der Waals surface area (Å²) in [6.45, 7) is 3.43. The van der Waals surface area contributed by atoms with Crippen molar-refractivity contribution in [1.29, 1.82) is 0 Å². The number of nitrogens with one attached hydrogen (secondary N) is 1. The third kappa shape index (κ3) is 6.17. The second-order valence-corrected chi connectivity index (χ2v) is 9.77. The van der Waals surface area contributed by atoms with Gasteiger partial charge in [-0.3, -0.25) is 4.79 Å². The molecule has 9 heteroatoms. The number of rotatable bonds is 10. The van der Waals surface area contributed by atoms with Gasteiger partial charge in [0, 0.05) is 19.6 Å². The van der Waals surface area contributed by atoms with Crippen LogP contribution in [0.2, 0.25) is 0 Å². The van der Waals surface area contributed by atoms with Gasteiger partial charge >= 0.3 is 0 Å². The molecule has 3 rings (SSSR count). The molecule has 0 saturated carbocycles. The average molecular weight is 477 g/mol. The zero-order chi connectivity index (χ0) is 23.8. The van der Waals surface area contributed by atoms with Crippen LogP contribution in [0.5, 0.6) is 17.2 Å². The summed E-state index contributed by atoms with van der Waals surface area (Å²) in [4.78, 5) is 13.0. The van der Waals surface area contributed by atoms with E-state index in [-0.39, 0.29) is 23.3 Å². The molecule has 2 aromatic carbocycles. The molecule has 1 aliphatic heterocycles. The van der Waals surface area contributed by atoms with Crippen molar-refractivity contribution in [2.45, 2.75) is 31.1 Å². The van der Waals surface area contributed by atoms with Crippen LogP contribution in [-0.2, 0) is 21.2 Å². The SMILES string of the molecule is CCOc1ccc(S(=O)(=O)N2CCC[C@H](C(=O)NCCc3ccc(OC)c(OC)c3)C2)cc1. The number of carbonyl (C=O) groups is 1. The molecule has 0 spiro atoms. The molecule has 0 unspecified atom stereocenters. The minimum atomic E-state index is -3.67. The fraction of sp³-hybridized carbons (Fsp3) is 0.458. The predicted octanol–water partition coefficient (Wildman–Crippen LogP) is 2.86. The average Bonchev–Trinajstić information content (AvgIpc) is 2.84. The lowest BCUT2D eigenvalue weighted by molar-refractivity contribution is -0.126. The topological polar surface area (TPSA) is 94.2 Å². The number of carbonyl (C=O) groups excluding carboxylic acids is 1. The normalized spacial score (nSPS) is 16.8. The van der Waals surface area contributed by atoms with Crippen molar-refractivity contribution in [2.24, 2.45) is 5.92 Å². The van der Waals surface area contributed by atoms with Crippen LogP contribution in [0, 0.1) is 5.92 Å². The Balaban J connectivity index is 1.56. The number of hydrogen-bond acceptors (Lipinski definition) is 6. The van der Waals surface area contributed by atoms with E-state index in [1.54, 1.807) is 38.5 Å². The lowest BCUT2D eigenvalue weighted by atomic mass is 9.99. The molecule has 1 atom stereocenters. The van der Waals surface area contributed by atoms with Gasteiger partial charge < -0.3 is 19.5 Å². The maximum Gasteiger partial charge on any atom is 0.243 e. The minimum Gasteiger partial charge on any atom is -0.494 e. The number of sulfonamides is 1. The summed E-state index contributed by atoms with van der Waals surface area (Å²) in [6, 6.07) is 12.0. The monoisotopic (exact) mass is 476 g/mol. The molecule has 0 aliphatic carbocycles. The second kappa shape index (κ2) is 11.4. The summed E-state index contributed by atoms with van der Waals surface area (Å²) in [5.41, 5.74) is 1.01. The van der Waals surface area contributed by atoms with Crippen LogP contribution < -0.4 is 19.5 Å². The molecule has 1 aliphatic rings. The van der Waals surface area contributed by atoms with E-state index in [2.05, 4.69) is 5.32 Å². The van der Waals surface area contributed by atoms with Crippen molar-refractivity contribution >= 4 is 15.9 Å². The molecular weight excluding hydrogens is 444 g/mol. The van der Waals surface area contributed by atoms with Crippen LogP contribution in [0.3, 0.4) is 0 Å². The molecule has 1 heterocycles. The van der Waals surface area contributed by atoms with Crippen LogP contribution >= 0.6 is 0 Å². The van der Waals surface area contributed by atoms with E-state index in [1.807, 2.05) is 25.1 Å². The van der Waals surface area contributed by atoms with Crippen molar-refractivity contribution in [2.75, 3.05) is 40.5 Å². The Hall–Kier alpha value is -2.78. The maximum absolute atomic E-state index is 13.1. The van der Waals surface area contributed by atoms with Gasteiger partial charge in [-0.25, -0.2) is 8.42 Å². The summed E-state index contributed by atoms with van der Waals surface area (Å²) in [6.07, 6.45) is 1.94. The van der Waals surface area contributed by atoms with Crippen molar-refractivity contribution < 1.29 is 27.4 Å². The molecule has 8 nitrogen and oxygen atoms in total. The Kier molecular flexibility index (Phi) is 8.57. The fourth-order valence-electron chi connectivity index (χ4n) is 3.91. The molecule has 0 aromatic heterocycles. The van der Waals surface area contributed by atoms with E-state index in [0.717, 1.165) is 5.56 Å². The number of nitrogens with zero attached hydrogens (tertiary/aromatic N) is 1. The van der Waals surface area contributed by atoms with E-state index in [4.69, 9.17) is 14.2 Å². The molecule has 1 amide bonds. The van der Waals surface area contributed by atoms with E-state index in [9.17, 15) is 13.2 Å². The Morgan fingerprint density at radius 1 is 1.09 bits per heavy atom. The van der Waals surface area contributed by atoms with Gasteiger partial charge in [0.2, 0.25) is 15.9 Å². The van der Waals surface area contributed by atoms with Crippen molar-refractivity contribution in [3.63, 3.8) is 0 Å². The first-order valence-electron chi connectivity index (χ1n) is 11.1. The molecule has 1 N–H and O–H groups in total. The minimum absolute atomic E-state index is 0.123. The van der Waals surface area contributed by atoms with Gasteiger partial charge in [-0.05, 0) is 68.1 Å². The maximum atomic E-state index is 13.1. The molecule has 0 radical (unpaired) electrons. The number of benzene rings is 2. The number of methoxy groups -OCH3 is 2. The van der Waals surface area contributed by atoms with E-state index >= 15 is 0 Å². The van der Waals surface area contributed by atoms with Crippen LogP contribution in [0.15, 0.2) is 47.4 Å². The standard InChI is InChI=1S/C24H32N2O6S/c1-4-32-20-8-10-21(11-9-20)33(28,29)26-15-5-6-19(17-26)24(27)25-14-13-18-7-12-22(30-2)23(16-18)31-3/h7-12,16,19H,4-6,13-15,17H2,1-3H3,(H,25,27)/t19-/m0/s1. The van der Waals surface area contributed by atoms with Gasteiger partial charge in [0.25, 0.3) is 0 Å². The van der Waals surface area contributed by atoms with Crippen molar-refractivity contribution in [3.8, 4) is 17.2 Å². The largest absolute Gasteiger partial charge is 0.494 e. The lowest BCUT2D eigenvalue weighted by Gasteiger charge is -2.31. The first kappa shape index (κ1) is 24.9. The predicted molar refractivity (Wildman–Crippen MR) is 125 cm³/mol. The summed E-state index contributed by atoms with van der Waals surface area (Å²) < 4.78 is 43.5. The smallest absolute Gasteiger partial charge is 0.243 e. The molecule has 1 fully saturated rings. The highest BCUT2D eigenvalue weighted by molar-refractivity contribution is 7.89. The van der Waals surface area contributed by atoms with Gasteiger partial charge in [-0.1, -0.05) is 6.07 Å². The zero-order valence-electron chi connectivity index (χ0n) is 19.4. The summed E-state index contributed by atoms with van der Waals surface area (Å²) >= 11 is 0. The molecule has 1 saturated heterocycles. The summed E-state index contributed by atoms with van der Waals surface area (Å²) in [7, 11) is -0.498. The van der Waals surface area contributed by atoms with Crippen LogP contribution in [0.25, 0.3) is 0 Å². The van der Waals surface area contributed by atoms with Crippen LogP contribution in [0.4, 0.5) is 0 Å². The first-order valence-corrected chi connectivity index (χ1v) is 12.5. The third-order valence-electron chi connectivity index (χ3n) is 5.69. The third-order valence-corrected chi connectivity index (χ3v) is 7.57. The molecule has 0 bridgehead atoms. The van der Waals surface area contributed by atoms with E-state index in [1.165, 1.54) is 4.31 Å². The van der Waals surface area contributed by atoms with Crippen LogP contribution in [0.1, 0.15) is 25.3 Å². The molecule has 180 valence electrons. The Bertz CT molecular complexity index is 1040. The van der Waals surface area contributed by atoms with Gasteiger partial charge in [0.05, 0.1) is 31.6 Å². The quantitative estimate of drug-likeness (QED) is 0.567. The second-order valence-electron chi connectivity index (χ2n) is 7.84. The number of ether oxygens (including phenoxy) is 3. The number of hydrogen-bond donors (Lipinski definition) is 1. The highest BCUT2D eigenvalue weighted by Crippen LogP contribution is 2.28. The molecule has 2 aromatic rings. The van der Waals surface area contributed by atoms with E-state index in [0.29, 0.717) is 56.2 Å². The summed E-state index contributed by atoms with van der Waals surface area (Å²) in [5.74, 6) is 1.43. The van der Waals surface area contributed by atoms with Crippen LogP contribution in [-0.4, -0.2) is 59.1 Å². The van der Waals surface area contributed by atoms with Gasteiger partial charge in [0.1, 0.15) is 5.75 Å². The first-order chi connectivity index (χ1) is 15.9. The Morgan fingerprint density at radius 2 is 1.82 bits per heavy atom. The zero-order valence-corrected chi connectivity index (χ0v) is 20.2. The fourth-order valence-corrected chi connectivity index (χ4v) is 5.43. The molecule has 33 heavy (non-hydrogen) atoms. The van der Waals surface area contributed by atoms with Gasteiger partial charge in [0.15, 0.2) is 11.5 Å². The molecular formula is C24H32N2O6S. The summed E-state index contributed by atoms with van der Waals surface area (Å²) in [5, 5.41) is 2.95. The van der Waals surface area contributed by atoms with E-state index < -0.39 is 10.0 Å². The highest BCUT2D eigenvalue weighted by atomic mass is 32.2. The Morgan fingerprint density at radius 3 is 2.48 bits per heavy atom. The highest BCUT2D eigenvalue weighted by Gasteiger charge is 2.33.